The summed E-state index contributed by atoms with van der Waals surface area (Å²) in [6.45, 7) is 7.11. The van der Waals surface area contributed by atoms with Crippen LogP contribution in [0.25, 0.3) is 0 Å². The van der Waals surface area contributed by atoms with Crippen LogP contribution in [0.4, 0.5) is 0 Å². The number of hydrogen-bond donors (Lipinski definition) is 2. The number of benzene rings is 2. The van der Waals surface area contributed by atoms with Crippen LogP contribution in [-0.2, 0) is 12.0 Å². The minimum absolute atomic E-state index is 0.280. The highest BCUT2D eigenvalue weighted by Gasteiger charge is 2.36. The average molecular weight is 377 g/mol. The fraction of sp³-hybridized carbons (Fsp3) is 0.417. The smallest absolute Gasteiger partial charge is 0.131 e. The van der Waals surface area contributed by atoms with Crippen molar-refractivity contribution in [3.05, 3.63) is 59.2 Å². The Labute approximate surface area is 167 Å². The maximum absolute atomic E-state index is 9.82. The monoisotopic (exact) mass is 376 g/mol. The van der Waals surface area contributed by atoms with Crippen molar-refractivity contribution in [3.8, 4) is 23.8 Å². The lowest BCUT2D eigenvalue weighted by molar-refractivity contribution is 0.0806. The Hall–Kier alpha value is -2.48. The Morgan fingerprint density at radius 2 is 2.04 bits per heavy atom. The van der Waals surface area contributed by atoms with E-state index in [0.717, 1.165) is 47.9 Å². The number of aromatic hydroxyl groups is 1. The molecular weight excluding hydrogens is 348 g/mol. The zero-order valence-electron chi connectivity index (χ0n) is 16.4. The molecule has 2 heterocycles. The van der Waals surface area contributed by atoms with Crippen molar-refractivity contribution < 1.29 is 9.84 Å². The molecule has 28 heavy (non-hydrogen) atoms. The maximum Gasteiger partial charge on any atom is 0.131 e. The molecule has 0 aliphatic carbocycles. The second kappa shape index (κ2) is 7.87. The SMILES string of the molecule is C#C[C@@]1(c2ccc(OCCN3CC(CC)C3)cc2)NCCc2cc(O)ccc21. The van der Waals surface area contributed by atoms with E-state index in [9.17, 15) is 5.11 Å². The normalized spacial score (nSPS) is 22.1. The Kier molecular flexibility index (Phi) is 5.30. The maximum atomic E-state index is 9.82. The second-order valence-electron chi connectivity index (χ2n) is 7.82. The summed E-state index contributed by atoms with van der Waals surface area (Å²) in [5, 5.41) is 13.3. The van der Waals surface area contributed by atoms with Crippen LogP contribution in [0.1, 0.15) is 30.0 Å². The standard InChI is InChI=1S/C24H28N2O2/c1-3-18-16-26(17-18)13-14-28-22-8-5-20(6-9-22)24(4-2)23-10-7-21(27)15-19(23)11-12-25-24/h2,5-10,15,18,25,27H,3,11-14,16-17H2,1H3/t24-/m0/s1. The van der Waals surface area contributed by atoms with Gasteiger partial charge >= 0.3 is 0 Å². The molecule has 4 rings (SSSR count). The molecule has 0 unspecified atom stereocenters. The van der Waals surface area contributed by atoms with Crippen molar-refractivity contribution in [1.82, 2.24) is 10.2 Å². The topological polar surface area (TPSA) is 44.7 Å². The molecule has 0 bridgehead atoms. The first kappa shape index (κ1) is 18.9. The molecular formula is C24H28N2O2. The first-order chi connectivity index (χ1) is 13.6. The van der Waals surface area contributed by atoms with Crippen LogP contribution in [0.3, 0.4) is 0 Å². The van der Waals surface area contributed by atoms with E-state index in [1.165, 1.54) is 19.5 Å². The summed E-state index contributed by atoms with van der Waals surface area (Å²) in [5.41, 5.74) is 2.47. The molecule has 0 amide bonds. The number of phenols is 1. The van der Waals surface area contributed by atoms with Gasteiger partial charge in [0.1, 0.15) is 23.6 Å². The molecule has 2 aromatic carbocycles. The fourth-order valence-corrected chi connectivity index (χ4v) is 4.31. The van der Waals surface area contributed by atoms with Crippen LogP contribution < -0.4 is 10.1 Å². The van der Waals surface area contributed by atoms with E-state index >= 15 is 0 Å². The van der Waals surface area contributed by atoms with Crippen LogP contribution in [0.5, 0.6) is 11.5 Å². The third kappa shape index (κ3) is 3.48. The van der Waals surface area contributed by atoms with E-state index in [4.69, 9.17) is 11.2 Å². The second-order valence-corrected chi connectivity index (χ2v) is 7.82. The number of rotatable bonds is 6. The summed E-state index contributed by atoms with van der Waals surface area (Å²) in [6, 6.07) is 13.5. The predicted octanol–water partition coefficient (Wildman–Crippen LogP) is 3.14. The van der Waals surface area contributed by atoms with Crippen molar-refractivity contribution in [2.24, 2.45) is 5.92 Å². The molecule has 2 aliphatic heterocycles. The number of hydrogen-bond acceptors (Lipinski definition) is 4. The molecule has 2 N–H and O–H groups in total. The van der Waals surface area contributed by atoms with E-state index in [-0.39, 0.29) is 5.75 Å². The predicted molar refractivity (Wildman–Crippen MR) is 112 cm³/mol. The molecule has 2 aliphatic rings. The van der Waals surface area contributed by atoms with E-state index in [1.54, 1.807) is 6.07 Å². The van der Waals surface area contributed by atoms with Crippen LogP contribution in [0.2, 0.25) is 0 Å². The molecule has 2 aromatic rings. The van der Waals surface area contributed by atoms with Crippen molar-refractivity contribution in [1.29, 1.82) is 0 Å². The molecule has 1 fully saturated rings. The van der Waals surface area contributed by atoms with Crippen LogP contribution in [-0.4, -0.2) is 42.8 Å². The average Bonchev–Trinajstić information content (AvgIpc) is 2.69. The highest BCUT2D eigenvalue weighted by atomic mass is 16.5. The van der Waals surface area contributed by atoms with Gasteiger partial charge in [-0.15, -0.1) is 6.42 Å². The number of ether oxygens (including phenoxy) is 1. The number of terminal acetylenes is 1. The van der Waals surface area contributed by atoms with E-state index < -0.39 is 5.54 Å². The van der Waals surface area contributed by atoms with E-state index in [2.05, 4.69) is 23.1 Å². The number of fused-ring (bicyclic) bond motifs is 1. The third-order valence-corrected chi connectivity index (χ3v) is 6.07. The number of phenolic OH excluding ortho intramolecular Hbond substituents is 1. The number of likely N-dealkylation sites (tertiary alicyclic amines) is 1. The van der Waals surface area contributed by atoms with Gasteiger partial charge in [-0.1, -0.05) is 37.5 Å². The van der Waals surface area contributed by atoms with Gasteiger partial charge in [0.2, 0.25) is 0 Å². The summed E-state index contributed by atoms with van der Waals surface area (Å²) >= 11 is 0. The largest absolute Gasteiger partial charge is 0.508 e. The van der Waals surface area contributed by atoms with Gasteiger partial charge in [-0.2, -0.15) is 0 Å². The van der Waals surface area contributed by atoms with Gasteiger partial charge in [0.05, 0.1) is 0 Å². The molecule has 1 atom stereocenters. The van der Waals surface area contributed by atoms with Crippen molar-refractivity contribution in [2.45, 2.75) is 25.3 Å². The molecule has 0 aromatic heterocycles. The molecule has 0 saturated carbocycles. The van der Waals surface area contributed by atoms with E-state index in [0.29, 0.717) is 6.61 Å². The Balaban J connectivity index is 1.45. The summed E-state index contributed by atoms with van der Waals surface area (Å²) < 4.78 is 5.93. The van der Waals surface area contributed by atoms with Crippen molar-refractivity contribution >= 4 is 0 Å². The molecule has 4 heteroatoms. The van der Waals surface area contributed by atoms with Crippen molar-refractivity contribution in [2.75, 3.05) is 32.8 Å². The quantitative estimate of drug-likeness (QED) is 0.761. The minimum Gasteiger partial charge on any atom is -0.508 e. The highest BCUT2D eigenvalue weighted by molar-refractivity contribution is 5.53. The number of nitrogens with one attached hydrogen (secondary N) is 1. The number of nitrogens with zero attached hydrogens (tertiary/aromatic N) is 1. The zero-order chi connectivity index (χ0) is 19.6. The van der Waals surface area contributed by atoms with Crippen LogP contribution in [0, 0.1) is 18.3 Å². The lowest BCUT2D eigenvalue weighted by atomic mass is 9.78. The fourth-order valence-electron chi connectivity index (χ4n) is 4.31. The summed E-state index contributed by atoms with van der Waals surface area (Å²) in [6.07, 6.45) is 8.13. The van der Waals surface area contributed by atoms with Gasteiger partial charge < -0.3 is 9.84 Å². The first-order valence-electron chi connectivity index (χ1n) is 10.2. The Bertz CT molecular complexity index is 865. The van der Waals surface area contributed by atoms with Crippen molar-refractivity contribution in [3.63, 3.8) is 0 Å². The van der Waals surface area contributed by atoms with Crippen LogP contribution in [0.15, 0.2) is 42.5 Å². The molecule has 4 nitrogen and oxygen atoms in total. The van der Waals surface area contributed by atoms with Gasteiger partial charge in [0.25, 0.3) is 0 Å². The lowest BCUT2D eigenvalue weighted by Gasteiger charge is -2.38. The lowest BCUT2D eigenvalue weighted by Crippen LogP contribution is -2.47. The van der Waals surface area contributed by atoms with Gasteiger partial charge in [-0.25, -0.2) is 0 Å². The van der Waals surface area contributed by atoms with Crippen LogP contribution >= 0.6 is 0 Å². The molecule has 0 spiro atoms. The van der Waals surface area contributed by atoms with Gasteiger partial charge in [-0.3, -0.25) is 10.2 Å². The summed E-state index contributed by atoms with van der Waals surface area (Å²) in [5.74, 6) is 4.99. The molecule has 1 saturated heterocycles. The van der Waals surface area contributed by atoms with Gasteiger partial charge in [-0.05, 0) is 53.3 Å². The van der Waals surface area contributed by atoms with E-state index in [1.807, 2.05) is 36.4 Å². The Morgan fingerprint density at radius 3 is 2.75 bits per heavy atom. The van der Waals surface area contributed by atoms with Gasteiger partial charge in [0, 0.05) is 26.2 Å². The molecule has 146 valence electrons. The third-order valence-electron chi connectivity index (χ3n) is 6.07. The first-order valence-corrected chi connectivity index (χ1v) is 10.2. The summed E-state index contributed by atoms with van der Waals surface area (Å²) in [7, 11) is 0. The molecule has 0 radical (unpaired) electrons. The zero-order valence-corrected chi connectivity index (χ0v) is 16.4. The Morgan fingerprint density at radius 1 is 1.25 bits per heavy atom. The minimum atomic E-state index is -0.674. The van der Waals surface area contributed by atoms with Gasteiger partial charge in [0.15, 0.2) is 0 Å². The highest BCUT2D eigenvalue weighted by Crippen LogP contribution is 2.36. The summed E-state index contributed by atoms with van der Waals surface area (Å²) in [4.78, 5) is 2.44.